The molecule has 2 bridgehead atoms. The number of esters is 3. The van der Waals surface area contributed by atoms with E-state index in [1.54, 1.807) is 78.8 Å². The third-order valence-electron chi connectivity index (χ3n) is 16.6. The second-order valence-electron chi connectivity index (χ2n) is 22.4. The molecule has 2 saturated carbocycles. The molecule has 0 spiro atoms. The Kier molecular flexibility index (Phi) is 17.5. The monoisotopic (exact) mass is 1010 g/mol. The van der Waals surface area contributed by atoms with Crippen molar-refractivity contribution in [3.8, 4) is 0 Å². The predicted octanol–water partition coefficient (Wildman–Crippen LogP) is 9.20. The minimum atomic E-state index is -2.66. The van der Waals surface area contributed by atoms with Gasteiger partial charge in [-0.25, -0.2) is 14.4 Å². The van der Waals surface area contributed by atoms with Crippen molar-refractivity contribution in [2.24, 2.45) is 22.7 Å². The molecule has 2 N–H and O–H groups in total. The van der Waals surface area contributed by atoms with Crippen LogP contribution in [0.3, 0.4) is 0 Å². The van der Waals surface area contributed by atoms with Gasteiger partial charge in [0.25, 0.3) is 0 Å². The lowest BCUT2D eigenvalue weighted by molar-refractivity contribution is -0.342. The van der Waals surface area contributed by atoms with Crippen molar-refractivity contribution in [1.82, 2.24) is 5.32 Å². The van der Waals surface area contributed by atoms with Crippen LogP contribution < -0.4 is 5.32 Å². The molecule has 3 fully saturated rings. The Hall–Kier alpha value is -3.75. The number of carbonyl (C=O) groups excluding carboxylic acids is 6. The summed E-state index contributed by atoms with van der Waals surface area (Å²) in [5, 5.41) is 17.0. The normalized spacial score (nSPS) is 29.6. The SMILES string of the molecule is CC[Si](CC)(CC)OC(C(=O)O[C@H]1C[C@@]2(O)[C@@H](OC(=O)c3ccccc3)[C@@H]3[C@]4(OC(C)=O)CO[C@@H]4CC(O[Si](CC)(CC)CC)[C@@]3(C)C(=O)C(=O)C(=C1C)C2(C)C)[C@H](CC(C)C)NC(=O)OC(C)(C)C. The summed E-state index contributed by atoms with van der Waals surface area (Å²) in [6, 6.07) is 11.4. The highest BCUT2D eigenvalue weighted by Crippen LogP contribution is 2.64. The number of nitrogens with one attached hydrogen (secondary N) is 1. The van der Waals surface area contributed by atoms with Gasteiger partial charge in [-0.3, -0.25) is 14.4 Å². The third kappa shape index (κ3) is 10.5. The number of hydrogen-bond acceptors (Lipinski definition) is 14. The number of fused-ring (bicyclic) bond motifs is 5. The van der Waals surface area contributed by atoms with Crippen molar-refractivity contribution in [2.75, 3.05) is 6.61 Å². The smallest absolute Gasteiger partial charge is 0.407 e. The van der Waals surface area contributed by atoms with E-state index in [4.69, 9.17) is 32.5 Å². The summed E-state index contributed by atoms with van der Waals surface area (Å²) in [5.41, 5.74) is -8.10. The molecule has 0 aromatic heterocycles. The first kappa shape index (κ1) is 57.2. The Labute approximate surface area is 418 Å². The number of carbonyl (C=O) groups is 6. The number of amides is 1. The lowest BCUT2D eigenvalue weighted by Crippen LogP contribution is -2.82. The maximum absolute atomic E-state index is 15.9. The lowest BCUT2D eigenvalue weighted by Gasteiger charge is -2.67. The van der Waals surface area contributed by atoms with Crippen LogP contribution >= 0.6 is 0 Å². The van der Waals surface area contributed by atoms with Crippen molar-refractivity contribution >= 4 is 52.2 Å². The summed E-state index contributed by atoms with van der Waals surface area (Å²) in [6.07, 6.45) is -7.09. The molecule has 0 radical (unpaired) electrons. The van der Waals surface area contributed by atoms with Crippen LogP contribution in [0.4, 0.5) is 4.79 Å². The number of Topliss-reactive ketones (excluding diaryl/α,β-unsaturated/α-hetero) is 2. The molecule has 1 heterocycles. The fourth-order valence-corrected chi connectivity index (χ4v) is 17.7. The van der Waals surface area contributed by atoms with Crippen LogP contribution in [0.15, 0.2) is 41.5 Å². The van der Waals surface area contributed by atoms with Gasteiger partial charge in [-0.1, -0.05) is 87.4 Å². The van der Waals surface area contributed by atoms with E-state index in [2.05, 4.69) is 26.1 Å². The summed E-state index contributed by atoms with van der Waals surface area (Å²) in [6.45, 7) is 28.8. The van der Waals surface area contributed by atoms with Crippen LogP contribution in [-0.4, -0.2) is 117 Å². The Balaban J connectivity index is 1.80. The summed E-state index contributed by atoms with van der Waals surface area (Å²) in [4.78, 5) is 88.4. The standard InChI is InChI=1S/C53H83NO14Si2/c1-17-69(18-2,19-3)67-38-29-39-52(31-62-39,65-34(10)55)43-45(64-46(58)35-26-24-23-25-27-35)53(61)30-37(33(9)40(50(53,14)15)41(56)44(57)51(38,43)16)63-47(59)42(68-70(20-4,21-5)22-6)36(28-32(7)8)54-48(60)66-49(11,12)13/h23-27,32,36-39,42-43,45,61H,17-22,28-31H2,1-16H3,(H,54,60)/t36-,37-,38?,39+,42?,43-,45-,51+,52-,53+/m0/s1. The topological polar surface area (TPSA) is 199 Å². The van der Waals surface area contributed by atoms with E-state index in [0.29, 0.717) is 42.7 Å². The zero-order valence-corrected chi connectivity index (χ0v) is 46.8. The molecule has 3 aliphatic carbocycles. The molecule has 17 heteroatoms. The van der Waals surface area contributed by atoms with Gasteiger partial charge in [-0.2, -0.15) is 0 Å². The van der Waals surface area contributed by atoms with Gasteiger partial charge < -0.3 is 43.0 Å². The van der Waals surface area contributed by atoms with E-state index in [-0.39, 0.29) is 35.7 Å². The van der Waals surface area contributed by atoms with Crippen molar-refractivity contribution in [2.45, 2.75) is 220 Å². The van der Waals surface area contributed by atoms with Crippen LogP contribution in [0.25, 0.3) is 0 Å². The molecule has 70 heavy (non-hydrogen) atoms. The first-order valence-corrected chi connectivity index (χ1v) is 30.8. The van der Waals surface area contributed by atoms with Crippen LogP contribution in [-0.2, 0) is 51.7 Å². The van der Waals surface area contributed by atoms with E-state index < -0.39 is 129 Å². The van der Waals surface area contributed by atoms with Gasteiger partial charge in [-0.15, -0.1) is 0 Å². The Bertz CT molecular complexity index is 2130. The quantitative estimate of drug-likeness (QED) is 0.0575. The predicted molar refractivity (Wildman–Crippen MR) is 269 cm³/mol. The minimum Gasteiger partial charge on any atom is -0.456 e. The van der Waals surface area contributed by atoms with E-state index in [1.165, 1.54) is 6.92 Å². The highest BCUT2D eigenvalue weighted by molar-refractivity contribution is 6.74. The van der Waals surface area contributed by atoms with E-state index >= 15 is 14.4 Å². The fraction of sp³-hybridized carbons (Fsp3) is 0.736. The van der Waals surface area contributed by atoms with Gasteiger partial charge in [0.1, 0.15) is 29.5 Å². The minimum absolute atomic E-state index is 0.0311. The van der Waals surface area contributed by atoms with Crippen LogP contribution in [0, 0.1) is 22.7 Å². The fourth-order valence-electron chi connectivity index (χ4n) is 12.0. The van der Waals surface area contributed by atoms with Gasteiger partial charge in [-0.05, 0) is 101 Å². The number of alkyl carbamates (subject to hydrolysis) is 1. The van der Waals surface area contributed by atoms with Crippen molar-refractivity contribution < 1.29 is 66.4 Å². The van der Waals surface area contributed by atoms with E-state index in [1.807, 2.05) is 34.6 Å². The number of ketones is 2. The van der Waals surface area contributed by atoms with Crippen molar-refractivity contribution in [3.05, 3.63) is 47.0 Å². The zero-order chi connectivity index (χ0) is 52.6. The molecule has 392 valence electrons. The van der Waals surface area contributed by atoms with Crippen LogP contribution in [0.2, 0.25) is 36.3 Å². The van der Waals surface area contributed by atoms with Gasteiger partial charge >= 0.3 is 24.0 Å². The Morgan fingerprint density at radius 3 is 1.94 bits per heavy atom. The maximum Gasteiger partial charge on any atom is 0.407 e. The molecule has 1 saturated heterocycles. The number of hydrogen-bond donors (Lipinski definition) is 2. The highest BCUT2D eigenvalue weighted by Gasteiger charge is 2.78. The summed E-state index contributed by atoms with van der Waals surface area (Å²) < 4.78 is 45.7. The van der Waals surface area contributed by atoms with E-state index in [9.17, 15) is 19.5 Å². The molecule has 15 nitrogen and oxygen atoms in total. The summed E-state index contributed by atoms with van der Waals surface area (Å²) in [5.74, 6) is -5.63. The highest BCUT2D eigenvalue weighted by atomic mass is 28.4. The first-order valence-electron chi connectivity index (χ1n) is 25.7. The summed E-state index contributed by atoms with van der Waals surface area (Å²) >= 11 is 0. The molecular weight excluding hydrogens is 931 g/mol. The maximum atomic E-state index is 15.9. The largest absolute Gasteiger partial charge is 0.456 e. The average Bonchev–Trinajstić information content (AvgIpc) is 3.28. The van der Waals surface area contributed by atoms with Crippen molar-refractivity contribution in [1.29, 1.82) is 0 Å². The third-order valence-corrected chi connectivity index (χ3v) is 25.9. The molecule has 1 aromatic carbocycles. The number of benzene rings is 1. The molecule has 10 atom stereocenters. The Morgan fingerprint density at radius 1 is 0.886 bits per heavy atom. The second kappa shape index (κ2) is 21.4. The van der Waals surface area contributed by atoms with Gasteiger partial charge in [0, 0.05) is 30.8 Å². The molecule has 1 amide bonds. The van der Waals surface area contributed by atoms with Gasteiger partial charge in [0.2, 0.25) is 11.6 Å². The number of rotatable bonds is 19. The molecule has 2 unspecified atom stereocenters. The van der Waals surface area contributed by atoms with Gasteiger partial charge in [0.05, 0.1) is 35.6 Å². The van der Waals surface area contributed by atoms with E-state index in [0.717, 1.165) is 0 Å². The molecule has 4 aliphatic rings. The van der Waals surface area contributed by atoms with Crippen molar-refractivity contribution in [3.63, 3.8) is 0 Å². The number of aliphatic hydroxyl groups is 1. The average molecular weight is 1010 g/mol. The first-order chi connectivity index (χ1) is 32.5. The molecule has 5 rings (SSSR count). The molecule has 1 aliphatic heterocycles. The number of ether oxygens (including phenoxy) is 5. The Morgan fingerprint density at radius 2 is 1.46 bits per heavy atom. The second-order valence-corrected chi connectivity index (χ2v) is 31.9. The van der Waals surface area contributed by atoms with Gasteiger partial charge in [0.15, 0.2) is 28.3 Å². The van der Waals surface area contributed by atoms with Crippen LogP contribution in [0.1, 0.15) is 140 Å². The summed E-state index contributed by atoms with van der Waals surface area (Å²) in [7, 11) is -5.26. The lowest BCUT2D eigenvalue weighted by atomic mass is 9.45. The molecular formula is C53H83NO14Si2. The zero-order valence-electron chi connectivity index (χ0n) is 44.8. The van der Waals surface area contributed by atoms with Crippen LogP contribution in [0.5, 0.6) is 0 Å². The molecule has 1 aromatic rings.